The zero-order chi connectivity index (χ0) is 20.1. The predicted molar refractivity (Wildman–Crippen MR) is 112 cm³/mol. The van der Waals surface area contributed by atoms with E-state index in [2.05, 4.69) is 24.0 Å². The number of piperidine rings is 1. The van der Waals surface area contributed by atoms with E-state index >= 15 is 0 Å². The Bertz CT molecular complexity index is 804. The summed E-state index contributed by atoms with van der Waals surface area (Å²) in [5, 5.41) is 9.83. The second-order valence-electron chi connectivity index (χ2n) is 7.01. The minimum atomic E-state index is -0.742. The summed E-state index contributed by atoms with van der Waals surface area (Å²) < 4.78 is 11.5. The van der Waals surface area contributed by atoms with Gasteiger partial charge >= 0.3 is 5.97 Å². The van der Waals surface area contributed by atoms with Gasteiger partial charge in [-0.05, 0) is 70.0 Å². The van der Waals surface area contributed by atoms with Crippen LogP contribution >= 0.6 is 11.3 Å². The third kappa shape index (κ3) is 4.50. The Balaban J connectivity index is 2.06. The number of aliphatic carboxylic acids is 1. The van der Waals surface area contributed by atoms with Gasteiger partial charge < -0.3 is 14.6 Å². The predicted octanol–water partition coefficient (Wildman–Crippen LogP) is 4.88. The fraction of sp³-hybridized carbons (Fsp3) is 0.500. The lowest BCUT2D eigenvalue weighted by Crippen LogP contribution is -2.46. The van der Waals surface area contributed by atoms with E-state index in [4.69, 9.17) is 9.47 Å². The van der Waals surface area contributed by atoms with Gasteiger partial charge in [0.15, 0.2) is 11.5 Å². The van der Waals surface area contributed by atoms with Gasteiger partial charge in [0.05, 0.1) is 19.3 Å². The van der Waals surface area contributed by atoms with E-state index < -0.39 is 12.0 Å². The van der Waals surface area contributed by atoms with Crippen LogP contribution in [0.15, 0.2) is 30.3 Å². The van der Waals surface area contributed by atoms with E-state index in [1.807, 2.05) is 32.0 Å². The summed E-state index contributed by atoms with van der Waals surface area (Å²) >= 11 is 1.73. The Hall–Kier alpha value is -2.05. The number of aryl methyl sites for hydroxylation is 1. The van der Waals surface area contributed by atoms with Gasteiger partial charge in [0, 0.05) is 9.75 Å². The molecule has 2 atom stereocenters. The van der Waals surface area contributed by atoms with Gasteiger partial charge in [0.25, 0.3) is 0 Å². The van der Waals surface area contributed by atoms with E-state index in [-0.39, 0.29) is 6.04 Å². The van der Waals surface area contributed by atoms with E-state index in [0.717, 1.165) is 35.6 Å². The van der Waals surface area contributed by atoms with Crippen LogP contribution in [0.3, 0.4) is 0 Å². The molecule has 3 rings (SSSR count). The van der Waals surface area contributed by atoms with Crippen molar-refractivity contribution in [2.24, 2.45) is 0 Å². The highest BCUT2D eigenvalue weighted by atomic mass is 32.1. The normalized spacial score (nSPS) is 18.6. The van der Waals surface area contributed by atoms with Gasteiger partial charge in [-0.25, -0.2) is 0 Å². The Labute approximate surface area is 170 Å². The minimum absolute atomic E-state index is 0.102. The molecule has 1 aromatic heterocycles. The number of carbonyl (C=O) groups is 1. The Morgan fingerprint density at radius 1 is 1.18 bits per heavy atom. The van der Waals surface area contributed by atoms with Crippen molar-refractivity contribution >= 4 is 17.3 Å². The van der Waals surface area contributed by atoms with Crippen molar-refractivity contribution in [3.63, 3.8) is 0 Å². The van der Waals surface area contributed by atoms with Crippen molar-refractivity contribution in [3.05, 3.63) is 45.6 Å². The van der Waals surface area contributed by atoms with Crippen LogP contribution in [0.2, 0.25) is 0 Å². The maximum atomic E-state index is 12.0. The molecule has 6 heteroatoms. The van der Waals surface area contributed by atoms with E-state index in [1.165, 1.54) is 4.88 Å². The molecule has 0 amide bonds. The molecule has 1 aliphatic heterocycles. The fourth-order valence-corrected chi connectivity index (χ4v) is 4.91. The van der Waals surface area contributed by atoms with E-state index in [9.17, 15) is 9.90 Å². The number of likely N-dealkylation sites (tertiary alicyclic amines) is 1. The topological polar surface area (TPSA) is 59.0 Å². The standard InChI is InChI=1S/C22H29NO4S/c1-4-26-18-11-10-16(14-19(18)27-5-2)21(20-12-9-15(3)28-20)23-13-7-6-8-17(23)22(24)25/h9-12,14,17,21H,4-8,13H2,1-3H3,(H,24,25). The monoisotopic (exact) mass is 403 g/mol. The van der Waals surface area contributed by atoms with Crippen molar-refractivity contribution in [2.45, 2.75) is 52.1 Å². The third-order valence-corrected chi connectivity index (χ3v) is 6.13. The van der Waals surface area contributed by atoms with Crippen LogP contribution in [0.4, 0.5) is 0 Å². The molecule has 0 spiro atoms. The number of benzene rings is 1. The second-order valence-corrected chi connectivity index (χ2v) is 8.33. The molecule has 0 radical (unpaired) electrons. The summed E-state index contributed by atoms with van der Waals surface area (Å²) in [7, 11) is 0. The highest BCUT2D eigenvalue weighted by Crippen LogP contribution is 2.40. The Morgan fingerprint density at radius 2 is 1.93 bits per heavy atom. The average molecular weight is 404 g/mol. The number of carboxylic acid groups (broad SMARTS) is 1. The average Bonchev–Trinajstić information content (AvgIpc) is 3.10. The van der Waals surface area contributed by atoms with Gasteiger partial charge in [0.2, 0.25) is 0 Å². The lowest BCUT2D eigenvalue weighted by atomic mass is 9.95. The molecule has 2 unspecified atom stereocenters. The first-order valence-electron chi connectivity index (χ1n) is 9.99. The lowest BCUT2D eigenvalue weighted by molar-refractivity contribution is -0.145. The van der Waals surface area contributed by atoms with Gasteiger partial charge in [0.1, 0.15) is 6.04 Å². The van der Waals surface area contributed by atoms with Crippen molar-refractivity contribution < 1.29 is 19.4 Å². The SMILES string of the molecule is CCOc1ccc(C(c2ccc(C)s2)N2CCCCC2C(=O)O)cc1OCC. The highest BCUT2D eigenvalue weighted by Gasteiger charge is 2.36. The molecule has 0 bridgehead atoms. The summed E-state index contributed by atoms with van der Waals surface area (Å²) in [5.41, 5.74) is 1.04. The number of ether oxygens (including phenoxy) is 2. The van der Waals surface area contributed by atoms with E-state index in [1.54, 1.807) is 11.3 Å². The van der Waals surface area contributed by atoms with Crippen LogP contribution in [-0.4, -0.2) is 41.8 Å². The van der Waals surface area contributed by atoms with Crippen LogP contribution in [-0.2, 0) is 4.79 Å². The Kier molecular flexibility index (Phi) is 6.97. The van der Waals surface area contributed by atoms with Crippen LogP contribution in [0.25, 0.3) is 0 Å². The van der Waals surface area contributed by atoms with Crippen molar-refractivity contribution in [2.75, 3.05) is 19.8 Å². The van der Waals surface area contributed by atoms with Crippen molar-refractivity contribution in [1.29, 1.82) is 0 Å². The summed E-state index contributed by atoms with van der Waals surface area (Å²) in [6.45, 7) is 7.88. The molecule has 1 aliphatic rings. The van der Waals surface area contributed by atoms with Crippen LogP contribution in [0.5, 0.6) is 11.5 Å². The number of hydrogen-bond donors (Lipinski definition) is 1. The van der Waals surface area contributed by atoms with Crippen molar-refractivity contribution in [1.82, 2.24) is 4.90 Å². The molecule has 1 aromatic carbocycles. The molecular weight excluding hydrogens is 374 g/mol. The summed E-state index contributed by atoms with van der Waals surface area (Å²) in [5.74, 6) is 0.695. The first kappa shape index (κ1) is 20.7. The maximum absolute atomic E-state index is 12.0. The molecule has 2 heterocycles. The zero-order valence-electron chi connectivity index (χ0n) is 16.8. The molecular formula is C22H29NO4S. The number of thiophene rings is 1. The summed E-state index contributed by atoms with van der Waals surface area (Å²) in [6, 6.07) is 9.65. The van der Waals surface area contributed by atoms with Gasteiger partial charge in [-0.2, -0.15) is 0 Å². The quantitative estimate of drug-likeness (QED) is 0.680. The molecule has 1 saturated heterocycles. The fourth-order valence-electron chi connectivity index (χ4n) is 3.89. The highest BCUT2D eigenvalue weighted by molar-refractivity contribution is 7.12. The smallest absolute Gasteiger partial charge is 0.320 e. The van der Waals surface area contributed by atoms with Crippen LogP contribution in [0.1, 0.15) is 54.5 Å². The van der Waals surface area contributed by atoms with Gasteiger partial charge in [-0.1, -0.05) is 12.5 Å². The summed E-state index contributed by atoms with van der Waals surface area (Å²) in [6.07, 6.45) is 2.66. The molecule has 152 valence electrons. The van der Waals surface area contributed by atoms with Crippen molar-refractivity contribution in [3.8, 4) is 11.5 Å². The first-order chi connectivity index (χ1) is 13.5. The van der Waals surface area contributed by atoms with E-state index in [0.29, 0.717) is 25.4 Å². The molecule has 0 saturated carbocycles. The number of carboxylic acids is 1. The first-order valence-corrected chi connectivity index (χ1v) is 10.8. The molecule has 0 aliphatic carbocycles. The second kappa shape index (κ2) is 9.43. The molecule has 1 N–H and O–H groups in total. The number of nitrogens with zero attached hydrogens (tertiary/aromatic N) is 1. The zero-order valence-corrected chi connectivity index (χ0v) is 17.6. The maximum Gasteiger partial charge on any atom is 0.320 e. The van der Waals surface area contributed by atoms with Gasteiger partial charge in [-0.15, -0.1) is 11.3 Å². The summed E-state index contributed by atoms with van der Waals surface area (Å²) in [4.78, 5) is 16.5. The molecule has 2 aromatic rings. The Morgan fingerprint density at radius 3 is 2.57 bits per heavy atom. The van der Waals surface area contributed by atoms with Gasteiger partial charge in [-0.3, -0.25) is 9.69 Å². The molecule has 1 fully saturated rings. The van der Waals surface area contributed by atoms with Crippen LogP contribution in [0, 0.1) is 6.92 Å². The van der Waals surface area contributed by atoms with Crippen LogP contribution < -0.4 is 9.47 Å². The largest absolute Gasteiger partial charge is 0.490 e. The lowest BCUT2D eigenvalue weighted by Gasteiger charge is -2.39. The minimum Gasteiger partial charge on any atom is -0.490 e. The number of rotatable bonds is 8. The number of hydrogen-bond acceptors (Lipinski definition) is 5. The third-order valence-electron chi connectivity index (χ3n) is 5.07. The molecule has 5 nitrogen and oxygen atoms in total. The molecule has 28 heavy (non-hydrogen) atoms.